The summed E-state index contributed by atoms with van der Waals surface area (Å²) < 4.78 is 0. The normalized spacial score (nSPS) is 22.8. The molecule has 0 aliphatic carbocycles. The average molecular weight is 328 g/mol. The van der Waals surface area contributed by atoms with E-state index in [1.807, 2.05) is 0 Å². The number of amides is 2. The van der Waals surface area contributed by atoms with Gasteiger partial charge < -0.3 is 0 Å². The highest BCUT2D eigenvalue weighted by atomic mass is 16.2. The van der Waals surface area contributed by atoms with E-state index in [0.29, 0.717) is 25.4 Å². The van der Waals surface area contributed by atoms with Crippen molar-refractivity contribution in [1.82, 2.24) is 9.80 Å². The number of imide groups is 1. The summed E-state index contributed by atoms with van der Waals surface area (Å²) in [4.78, 5) is 27.8. The van der Waals surface area contributed by atoms with Gasteiger partial charge in [0.15, 0.2) is 0 Å². The first-order valence-corrected chi connectivity index (χ1v) is 9.35. The Bertz CT molecular complexity index is 542. The second kappa shape index (κ2) is 8.43. The Morgan fingerprint density at radius 2 is 1.67 bits per heavy atom. The summed E-state index contributed by atoms with van der Waals surface area (Å²) in [5.74, 6) is 0.0384. The van der Waals surface area contributed by atoms with Crippen molar-refractivity contribution in [3.8, 4) is 0 Å². The van der Waals surface area contributed by atoms with Crippen molar-refractivity contribution >= 4 is 11.8 Å². The molecule has 2 saturated heterocycles. The number of nitrogens with zero attached hydrogens (tertiary/aromatic N) is 2. The molecule has 0 bridgehead atoms. The van der Waals surface area contributed by atoms with Crippen LogP contribution in [-0.2, 0) is 16.0 Å². The Morgan fingerprint density at radius 3 is 2.42 bits per heavy atom. The van der Waals surface area contributed by atoms with Gasteiger partial charge in [0.25, 0.3) is 0 Å². The van der Waals surface area contributed by atoms with Crippen LogP contribution in [0.4, 0.5) is 0 Å². The van der Waals surface area contributed by atoms with Crippen molar-refractivity contribution in [3.63, 3.8) is 0 Å². The first-order valence-electron chi connectivity index (χ1n) is 9.35. The molecule has 130 valence electrons. The fourth-order valence-electron chi connectivity index (χ4n) is 3.95. The van der Waals surface area contributed by atoms with Gasteiger partial charge >= 0.3 is 0 Å². The van der Waals surface area contributed by atoms with Crippen LogP contribution >= 0.6 is 0 Å². The molecule has 2 aliphatic heterocycles. The highest BCUT2D eigenvalue weighted by molar-refractivity contribution is 5.97. The zero-order valence-corrected chi connectivity index (χ0v) is 14.5. The predicted molar refractivity (Wildman–Crippen MR) is 94.5 cm³/mol. The molecule has 24 heavy (non-hydrogen) atoms. The van der Waals surface area contributed by atoms with Gasteiger partial charge in [0.05, 0.1) is 0 Å². The molecule has 0 spiro atoms. The molecule has 4 heteroatoms. The van der Waals surface area contributed by atoms with Crippen molar-refractivity contribution in [2.45, 2.75) is 57.4 Å². The van der Waals surface area contributed by atoms with E-state index in [2.05, 4.69) is 35.2 Å². The summed E-state index contributed by atoms with van der Waals surface area (Å²) in [6, 6.07) is 11.3. The monoisotopic (exact) mass is 328 g/mol. The molecule has 2 heterocycles. The number of likely N-dealkylation sites (tertiary alicyclic amines) is 2. The second-order valence-electron chi connectivity index (χ2n) is 7.02. The van der Waals surface area contributed by atoms with Crippen LogP contribution in [0.1, 0.15) is 50.5 Å². The Morgan fingerprint density at radius 1 is 0.917 bits per heavy atom. The number of rotatable bonds is 6. The highest BCUT2D eigenvalue weighted by Gasteiger charge is 2.26. The smallest absolute Gasteiger partial charge is 0.229 e. The van der Waals surface area contributed by atoms with Crippen molar-refractivity contribution in [2.24, 2.45) is 0 Å². The summed E-state index contributed by atoms with van der Waals surface area (Å²) in [7, 11) is 0. The van der Waals surface area contributed by atoms with Crippen molar-refractivity contribution in [3.05, 3.63) is 35.9 Å². The minimum Gasteiger partial charge on any atom is -0.300 e. The van der Waals surface area contributed by atoms with Crippen LogP contribution in [-0.4, -0.2) is 47.3 Å². The van der Waals surface area contributed by atoms with Crippen LogP contribution in [0.25, 0.3) is 0 Å². The van der Waals surface area contributed by atoms with E-state index < -0.39 is 0 Å². The molecule has 0 aromatic heterocycles. The number of carbonyl (C=O) groups excluding carboxylic acids is 2. The van der Waals surface area contributed by atoms with Gasteiger partial charge in [-0.05, 0) is 44.2 Å². The lowest BCUT2D eigenvalue weighted by Gasteiger charge is -2.36. The lowest BCUT2D eigenvalue weighted by molar-refractivity contribution is -0.148. The molecular formula is C20H28N2O2. The molecule has 2 amide bonds. The first kappa shape index (κ1) is 17.2. The minimum atomic E-state index is 0.0192. The Balaban J connectivity index is 1.50. The third-order valence-electron chi connectivity index (χ3n) is 5.27. The SMILES string of the molecule is O=C1CCCC(=O)N1CCCN1CCCCC1Cc1ccccc1. The van der Waals surface area contributed by atoms with E-state index in [1.165, 1.54) is 29.7 Å². The van der Waals surface area contributed by atoms with Gasteiger partial charge in [-0.1, -0.05) is 36.8 Å². The Hall–Kier alpha value is -1.68. The van der Waals surface area contributed by atoms with Gasteiger partial charge in [-0.15, -0.1) is 0 Å². The molecule has 0 saturated carbocycles. The van der Waals surface area contributed by atoms with Crippen molar-refractivity contribution in [2.75, 3.05) is 19.6 Å². The van der Waals surface area contributed by atoms with Gasteiger partial charge in [-0.25, -0.2) is 0 Å². The summed E-state index contributed by atoms with van der Waals surface area (Å²) in [6.07, 6.45) is 7.59. The molecule has 2 fully saturated rings. The van der Waals surface area contributed by atoms with Gasteiger partial charge in [0.1, 0.15) is 0 Å². The molecule has 1 unspecified atom stereocenters. The van der Waals surface area contributed by atoms with Crippen LogP contribution in [0, 0.1) is 0 Å². The molecule has 1 atom stereocenters. The van der Waals surface area contributed by atoms with Crippen LogP contribution in [0.15, 0.2) is 30.3 Å². The molecule has 1 aromatic carbocycles. The zero-order valence-electron chi connectivity index (χ0n) is 14.5. The maximum atomic E-state index is 11.9. The molecule has 0 radical (unpaired) electrons. The van der Waals surface area contributed by atoms with E-state index in [0.717, 1.165) is 32.4 Å². The Kier molecular flexibility index (Phi) is 6.02. The molecule has 0 N–H and O–H groups in total. The van der Waals surface area contributed by atoms with Crippen molar-refractivity contribution < 1.29 is 9.59 Å². The fraction of sp³-hybridized carbons (Fsp3) is 0.600. The summed E-state index contributed by atoms with van der Waals surface area (Å²) in [6.45, 7) is 2.71. The first-order chi connectivity index (χ1) is 11.7. The topological polar surface area (TPSA) is 40.6 Å². The number of hydrogen-bond acceptors (Lipinski definition) is 3. The van der Waals surface area contributed by atoms with E-state index >= 15 is 0 Å². The van der Waals surface area contributed by atoms with Crippen LogP contribution in [0.2, 0.25) is 0 Å². The predicted octanol–water partition coefficient (Wildman–Crippen LogP) is 3.01. The largest absolute Gasteiger partial charge is 0.300 e. The van der Waals surface area contributed by atoms with E-state index in [-0.39, 0.29) is 11.8 Å². The average Bonchev–Trinajstić information content (AvgIpc) is 2.60. The van der Waals surface area contributed by atoms with Gasteiger partial charge in [-0.2, -0.15) is 0 Å². The molecule has 3 rings (SSSR count). The van der Waals surface area contributed by atoms with E-state index in [9.17, 15) is 9.59 Å². The summed E-state index contributed by atoms with van der Waals surface area (Å²) >= 11 is 0. The van der Waals surface area contributed by atoms with Gasteiger partial charge in [-0.3, -0.25) is 19.4 Å². The molecular weight excluding hydrogens is 300 g/mol. The highest BCUT2D eigenvalue weighted by Crippen LogP contribution is 2.21. The van der Waals surface area contributed by atoms with Gasteiger partial charge in [0.2, 0.25) is 11.8 Å². The standard InChI is InChI=1S/C20H28N2O2/c23-19-11-6-12-20(24)22(19)15-7-14-21-13-5-4-10-18(21)16-17-8-2-1-3-9-17/h1-3,8-9,18H,4-7,10-16H2. The number of benzene rings is 1. The van der Waals surface area contributed by atoms with Crippen molar-refractivity contribution in [1.29, 1.82) is 0 Å². The van der Waals surface area contributed by atoms with E-state index in [4.69, 9.17) is 0 Å². The van der Waals surface area contributed by atoms with Crippen LogP contribution in [0.3, 0.4) is 0 Å². The number of carbonyl (C=O) groups is 2. The molecule has 4 nitrogen and oxygen atoms in total. The number of piperidine rings is 2. The van der Waals surface area contributed by atoms with Crippen LogP contribution < -0.4 is 0 Å². The molecule has 1 aromatic rings. The minimum absolute atomic E-state index is 0.0192. The third-order valence-corrected chi connectivity index (χ3v) is 5.27. The second-order valence-corrected chi connectivity index (χ2v) is 7.02. The Labute approximate surface area is 144 Å². The fourth-order valence-corrected chi connectivity index (χ4v) is 3.95. The lowest BCUT2D eigenvalue weighted by Crippen LogP contribution is -2.44. The van der Waals surface area contributed by atoms with Crippen LogP contribution in [0.5, 0.6) is 0 Å². The van der Waals surface area contributed by atoms with E-state index in [1.54, 1.807) is 0 Å². The number of hydrogen-bond donors (Lipinski definition) is 0. The zero-order chi connectivity index (χ0) is 16.8. The quantitative estimate of drug-likeness (QED) is 0.754. The third kappa shape index (κ3) is 4.44. The maximum absolute atomic E-state index is 11.9. The summed E-state index contributed by atoms with van der Waals surface area (Å²) in [5.41, 5.74) is 1.40. The maximum Gasteiger partial charge on any atom is 0.229 e. The van der Waals surface area contributed by atoms with Gasteiger partial charge in [0, 0.05) is 32.0 Å². The molecule has 2 aliphatic rings. The summed E-state index contributed by atoms with van der Waals surface area (Å²) in [5, 5.41) is 0. The lowest BCUT2D eigenvalue weighted by atomic mass is 9.95.